The van der Waals surface area contributed by atoms with E-state index in [-0.39, 0.29) is 6.10 Å². The number of methoxy groups -OCH3 is 1. The second-order valence-electron chi connectivity index (χ2n) is 4.86. The Hall–Kier alpha value is -1.22. The van der Waals surface area contributed by atoms with Crippen molar-refractivity contribution < 1.29 is 9.47 Å². The standard InChI is InChI=1S/C15H25NO2/c1-6-16-10-15(11(2)3)18-13-8-7-12(4)9-14(13)17-5/h7-9,11,15-16H,6,10H2,1-5H3. The Balaban J connectivity index is 2.79. The minimum Gasteiger partial charge on any atom is -0.493 e. The van der Waals surface area contributed by atoms with Gasteiger partial charge in [-0.3, -0.25) is 0 Å². The zero-order valence-corrected chi connectivity index (χ0v) is 12.1. The van der Waals surface area contributed by atoms with Crippen molar-refractivity contribution in [2.45, 2.75) is 33.8 Å². The maximum absolute atomic E-state index is 6.07. The van der Waals surface area contributed by atoms with E-state index in [1.54, 1.807) is 7.11 Å². The largest absolute Gasteiger partial charge is 0.493 e. The summed E-state index contributed by atoms with van der Waals surface area (Å²) in [6.07, 6.45) is 0.154. The lowest BCUT2D eigenvalue weighted by Gasteiger charge is -2.24. The predicted octanol–water partition coefficient (Wildman–Crippen LogP) is 3.02. The van der Waals surface area contributed by atoms with Gasteiger partial charge in [0.05, 0.1) is 7.11 Å². The minimum atomic E-state index is 0.154. The highest BCUT2D eigenvalue weighted by atomic mass is 16.5. The highest BCUT2D eigenvalue weighted by Gasteiger charge is 2.16. The van der Waals surface area contributed by atoms with E-state index in [2.05, 4.69) is 26.1 Å². The molecule has 0 fully saturated rings. The molecule has 1 rings (SSSR count). The fourth-order valence-corrected chi connectivity index (χ4v) is 1.74. The number of aryl methyl sites for hydroxylation is 1. The first-order valence-electron chi connectivity index (χ1n) is 6.60. The van der Waals surface area contributed by atoms with E-state index in [1.807, 2.05) is 25.1 Å². The molecule has 3 nitrogen and oxygen atoms in total. The third-order valence-electron chi connectivity index (χ3n) is 2.94. The van der Waals surface area contributed by atoms with Crippen molar-refractivity contribution in [2.75, 3.05) is 20.2 Å². The molecule has 3 heteroatoms. The lowest BCUT2D eigenvalue weighted by atomic mass is 10.1. The van der Waals surface area contributed by atoms with E-state index in [1.165, 1.54) is 5.56 Å². The van der Waals surface area contributed by atoms with Gasteiger partial charge in [0.25, 0.3) is 0 Å². The van der Waals surface area contributed by atoms with Gasteiger partial charge in [-0.25, -0.2) is 0 Å². The normalized spacial score (nSPS) is 12.6. The van der Waals surface area contributed by atoms with Crippen molar-refractivity contribution in [3.63, 3.8) is 0 Å². The summed E-state index contributed by atoms with van der Waals surface area (Å²) in [5.74, 6) is 2.08. The van der Waals surface area contributed by atoms with Crippen LogP contribution in [0.15, 0.2) is 18.2 Å². The summed E-state index contributed by atoms with van der Waals surface area (Å²) >= 11 is 0. The van der Waals surface area contributed by atoms with Crippen LogP contribution in [0.3, 0.4) is 0 Å². The molecule has 1 N–H and O–H groups in total. The van der Waals surface area contributed by atoms with Crippen LogP contribution in [0.2, 0.25) is 0 Å². The van der Waals surface area contributed by atoms with Crippen LogP contribution in [-0.2, 0) is 0 Å². The van der Waals surface area contributed by atoms with Gasteiger partial charge in [0.2, 0.25) is 0 Å². The van der Waals surface area contributed by atoms with E-state index in [0.29, 0.717) is 5.92 Å². The second-order valence-corrected chi connectivity index (χ2v) is 4.86. The van der Waals surface area contributed by atoms with E-state index in [9.17, 15) is 0 Å². The Morgan fingerprint density at radius 3 is 2.50 bits per heavy atom. The summed E-state index contributed by atoms with van der Waals surface area (Å²) in [5, 5.41) is 3.33. The molecule has 0 aliphatic heterocycles. The summed E-state index contributed by atoms with van der Waals surface area (Å²) in [4.78, 5) is 0. The van der Waals surface area contributed by atoms with Crippen LogP contribution in [0.25, 0.3) is 0 Å². The molecule has 0 radical (unpaired) electrons. The van der Waals surface area contributed by atoms with Gasteiger partial charge < -0.3 is 14.8 Å². The average molecular weight is 251 g/mol. The zero-order valence-electron chi connectivity index (χ0n) is 12.1. The van der Waals surface area contributed by atoms with E-state index in [4.69, 9.17) is 9.47 Å². The number of ether oxygens (including phenoxy) is 2. The van der Waals surface area contributed by atoms with E-state index in [0.717, 1.165) is 24.6 Å². The molecular weight excluding hydrogens is 226 g/mol. The highest BCUT2D eigenvalue weighted by molar-refractivity contribution is 5.42. The molecular formula is C15H25NO2. The molecule has 0 spiro atoms. The van der Waals surface area contributed by atoms with Crippen molar-refractivity contribution in [1.29, 1.82) is 0 Å². The molecule has 0 saturated heterocycles. The lowest BCUT2D eigenvalue weighted by molar-refractivity contribution is 0.144. The zero-order chi connectivity index (χ0) is 13.5. The Bertz CT molecular complexity index is 364. The van der Waals surface area contributed by atoms with Crippen molar-refractivity contribution >= 4 is 0 Å². The molecule has 18 heavy (non-hydrogen) atoms. The molecule has 0 bridgehead atoms. The van der Waals surface area contributed by atoms with Crippen molar-refractivity contribution in [1.82, 2.24) is 5.32 Å². The fraction of sp³-hybridized carbons (Fsp3) is 0.600. The minimum absolute atomic E-state index is 0.154. The number of likely N-dealkylation sites (N-methyl/N-ethyl adjacent to an activating group) is 1. The monoisotopic (exact) mass is 251 g/mol. The first-order valence-corrected chi connectivity index (χ1v) is 6.60. The first kappa shape index (κ1) is 14.8. The third-order valence-corrected chi connectivity index (χ3v) is 2.94. The summed E-state index contributed by atoms with van der Waals surface area (Å²) < 4.78 is 11.4. The van der Waals surface area contributed by atoms with E-state index >= 15 is 0 Å². The van der Waals surface area contributed by atoms with Gasteiger partial charge in [-0.2, -0.15) is 0 Å². The molecule has 1 unspecified atom stereocenters. The SMILES string of the molecule is CCNCC(Oc1ccc(C)cc1OC)C(C)C. The average Bonchev–Trinajstić information content (AvgIpc) is 2.35. The maximum Gasteiger partial charge on any atom is 0.161 e. The molecule has 1 atom stereocenters. The number of nitrogens with one attached hydrogen (secondary N) is 1. The van der Waals surface area contributed by atoms with Crippen LogP contribution < -0.4 is 14.8 Å². The van der Waals surface area contributed by atoms with Gasteiger partial charge >= 0.3 is 0 Å². The van der Waals surface area contributed by atoms with Gasteiger partial charge in [-0.1, -0.05) is 26.8 Å². The van der Waals surface area contributed by atoms with Crippen LogP contribution in [-0.4, -0.2) is 26.3 Å². The molecule has 1 aromatic rings. The summed E-state index contributed by atoms with van der Waals surface area (Å²) in [6, 6.07) is 6.03. The second kappa shape index (κ2) is 7.27. The Labute approximate surface area is 110 Å². The lowest BCUT2D eigenvalue weighted by Crippen LogP contribution is -2.35. The number of hydrogen-bond donors (Lipinski definition) is 1. The van der Waals surface area contributed by atoms with E-state index < -0.39 is 0 Å². The van der Waals surface area contributed by atoms with Crippen molar-refractivity contribution in [2.24, 2.45) is 5.92 Å². The molecule has 0 aliphatic carbocycles. The number of benzene rings is 1. The Morgan fingerprint density at radius 1 is 1.22 bits per heavy atom. The molecule has 0 heterocycles. The molecule has 102 valence electrons. The summed E-state index contributed by atoms with van der Waals surface area (Å²) in [5.41, 5.74) is 1.17. The molecule has 0 amide bonds. The molecule has 0 aromatic heterocycles. The summed E-state index contributed by atoms with van der Waals surface area (Å²) in [6.45, 7) is 10.3. The van der Waals surface area contributed by atoms with Crippen molar-refractivity contribution in [3.05, 3.63) is 23.8 Å². The van der Waals surface area contributed by atoms with Gasteiger partial charge in [-0.05, 0) is 37.1 Å². The van der Waals surface area contributed by atoms with Crippen LogP contribution in [0, 0.1) is 12.8 Å². The van der Waals surface area contributed by atoms with Crippen LogP contribution in [0.4, 0.5) is 0 Å². The van der Waals surface area contributed by atoms with Crippen LogP contribution in [0.5, 0.6) is 11.5 Å². The summed E-state index contributed by atoms with van der Waals surface area (Å²) in [7, 11) is 1.68. The van der Waals surface area contributed by atoms with Crippen molar-refractivity contribution in [3.8, 4) is 11.5 Å². The number of rotatable bonds is 7. The van der Waals surface area contributed by atoms with Gasteiger partial charge in [0.1, 0.15) is 6.10 Å². The number of hydrogen-bond acceptors (Lipinski definition) is 3. The maximum atomic E-state index is 6.07. The van der Waals surface area contributed by atoms with Crippen LogP contribution in [0.1, 0.15) is 26.3 Å². The predicted molar refractivity (Wildman–Crippen MR) is 75.5 cm³/mol. The molecule has 0 saturated carbocycles. The van der Waals surface area contributed by atoms with Crippen LogP contribution >= 0.6 is 0 Å². The van der Waals surface area contributed by atoms with Gasteiger partial charge in [-0.15, -0.1) is 0 Å². The highest BCUT2D eigenvalue weighted by Crippen LogP contribution is 2.29. The van der Waals surface area contributed by atoms with Gasteiger partial charge in [0, 0.05) is 6.54 Å². The molecule has 0 aliphatic rings. The Kier molecular flexibility index (Phi) is 5.99. The molecule has 1 aromatic carbocycles. The topological polar surface area (TPSA) is 30.5 Å². The smallest absolute Gasteiger partial charge is 0.161 e. The Morgan fingerprint density at radius 2 is 1.94 bits per heavy atom. The first-order chi connectivity index (χ1) is 8.58. The third kappa shape index (κ3) is 4.22. The quantitative estimate of drug-likeness (QED) is 0.808. The fourth-order valence-electron chi connectivity index (χ4n) is 1.74. The van der Waals surface area contributed by atoms with Gasteiger partial charge in [0.15, 0.2) is 11.5 Å².